The van der Waals surface area contributed by atoms with Crippen LogP contribution in [0.5, 0.6) is 0 Å². The predicted molar refractivity (Wildman–Crippen MR) is 120 cm³/mol. The highest BCUT2D eigenvalue weighted by Crippen LogP contribution is 2.21. The zero-order valence-electron chi connectivity index (χ0n) is 17.7. The molecule has 0 radical (unpaired) electrons. The van der Waals surface area contributed by atoms with Gasteiger partial charge < -0.3 is 0 Å². The van der Waals surface area contributed by atoms with Crippen LogP contribution in [0.2, 0.25) is 0 Å². The molecule has 0 bridgehead atoms. The van der Waals surface area contributed by atoms with Crippen LogP contribution in [0, 0.1) is 0 Å². The van der Waals surface area contributed by atoms with Gasteiger partial charge in [0.25, 0.3) is 0 Å². The molecule has 0 atom stereocenters. The number of benzene rings is 2. The van der Waals surface area contributed by atoms with Crippen LogP contribution in [0.3, 0.4) is 0 Å². The third kappa shape index (κ3) is 6.91. The van der Waals surface area contributed by atoms with Crippen LogP contribution in [0.1, 0.15) is 50.7 Å². The Morgan fingerprint density at radius 1 is 0.633 bits per heavy atom. The number of nitrogens with one attached hydrogen (secondary N) is 2. The summed E-state index contributed by atoms with van der Waals surface area (Å²) < 4.78 is 56.1. The summed E-state index contributed by atoms with van der Waals surface area (Å²) in [4.78, 5) is 0.505. The fourth-order valence-corrected chi connectivity index (χ4v) is 5.82. The quantitative estimate of drug-likeness (QED) is 0.454. The molecule has 0 heterocycles. The van der Waals surface area contributed by atoms with Gasteiger partial charge in [-0.3, -0.25) is 0 Å². The van der Waals surface area contributed by atoms with Crippen molar-refractivity contribution in [2.24, 2.45) is 0 Å². The van der Waals surface area contributed by atoms with E-state index >= 15 is 0 Å². The molecule has 0 spiro atoms. The van der Waals surface area contributed by atoms with Crippen molar-refractivity contribution >= 4 is 20.0 Å². The molecule has 0 aliphatic heterocycles. The first kappa shape index (κ1) is 24.5. The van der Waals surface area contributed by atoms with Gasteiger partial charge in [0, 0.05) is 13.1 Å². The minimum absolute atomic E-state index is 0.252. The van der Waals surface area contributed by atoms with Gasteiger partial charge in [0.2, 0.25) is 20.0 Å². The van der Waals surface area contributed by atoms with Crippen LogP contribution in [-0.4, -0.2) is 29.9 Å². The maximum atomic E-state index is 12.7. The third-order valence-electron chi connectivity index (χ3n) is 4.83. The lowest BCUT2D eigenvalue weighted by Gasteiger charge is -2.14. The summed E-state index contributed by atoms with van der Waals surface area (Å²) in [6.07, 6.45) is 4.21. The molecule has 2 N–H and O–H groups in total. The van der Waals surface area contributed by atoms with Gasteiger partial charge in [-0.2, -0.15) is 0 Å². The molecule has 2 rings (SSSR count). The van der Waals surface area contributed by atoms with E-state index in [1.165, 1.54) is 0 Å². The minimum Gasteiger partial charge on any atom is -0.211 e. The van der Waals surface area contributed by atoms with Crippen molar-refractivity contribution < 1.29 is 16.8 Å². The molecule has 0 amide bonds. The van der Waals surface area contributed by atoms with Crippen molar-refractivity contribution in [2.45, 2.75) is 62.2 Å². The Morgan fingerprint density at radius 3 is 1.37 bits per heavy atom. The van der Waals surface area contributed by atoms with Gasteiger partial charge in [-0.25, -0.2) is 26.3 Å². The fraction of sp³-hybridized carbons (Fsp3) is 0.455. The molecule has 0 aliphatic carbocycles. The summed E-state index contributed by atoms with van der Waals surface area (Å²) in [5.74, 6) is 0. The highest BCUT2D eigenvalue weighted by atomic mass is 32.2. The Balaban J connectivity index is 2.22. The third-order valence-corrected chi connectivity index (χ3v) is 7.96. The van der Waals surface area contributed by atoms with E-state index in [1.807, 2.05) is 13.8 Å². The van der Waals surface area contributed by atoms with Crippen LogP contribution in [0.25, 0.3) is 0 Å². The van der Waals surface area contributed by atoms with E-state index in [-0.39, 0.29) is 9.79 Å². The van der Waals surface area contributed by atoms with Gasteiger partial charge in [0.05, 0.1) is 9.79 Å². The molecule has 0 unspecified atom stereocenters. The first-order chi connectivity index (χ1) is 14.3. The van der Waals surface area contributed by atoms with E-state index in [4.69, 9.17) is 0 Å². The van der Waals surface area contributed by atoms with Crippen molar-refractivity contribution in [3.05, 3.63) is 59.7 Å². The number of hydrogen-bond acceptors (Lipinski definition) is 4. The molecule has 2 aromatic rings. The Hall–Kier alpha value is -1.74. The molecule has 0 aliphatic rings. The number of hydrogen-bond donors (Lipinski definition) is 2. The van der Waals surface area contributed by atoms with E-state index < -0.39 is 20.0 Å². The second-order valence-electron chi connectivity index (χ2n) is 7.22. The number of sulfonamides is 2. The molecule has 30 heavy (non-hydrogen) atoms. The zero-order valence-corrected chi connectivity index (χ0v) is 19.4. The molecule has 0 saturated carbocycles. The first-order valence-electron chi connectivity index (χ1n) is 10.5. The van der Waals surface area contributed by atoms with Crippen LogP contribution in [0.15, 0.2) is 58.3 Å². The highest BCUT2D eigenvalue weighted by Gasteiger charge is 2.20. The summed E-state index contributed by atoms with van der Waals surface area (Å²) in [6, 6.07) is 13.8. The predicted octanol–water partition coefficient (Wildman–Crippen LogP) is 3.63. The van der Waals surface area contributed by atoms with Crippen molar-refractivity contribution in [3.8, 4) is 0 Å². The van der Waals surface area contributed by atoms with Crippen molar-refractivity contribution in [2.75, 3.05) is 13.1 Å². The fourth-order valence-electron chi connectivity index (χ4n) is 3.14. The lowest BCUT2D eigenvalue weighted by Crippen LogP contribution is -2.26. The van der Waals surface area contributed by atoms with Gasteiger partial charge in [0.1, 0.15) is 0 Å². The maximum absolute atomic E-state index is 12.7. The van der Waals surface area contributed by atoms with E-state index in [1.54, 1.807) is 48.5 Å². The minimum atomic E-state index is -3.60. The standard InChI is InChI=1S/C22H32N2O4S2/c1-3-5-17-23-29(25,26)21-13-9-7-11-19(21)15-16-20-12-8-10-14-22(20)30(27,28)24-18-6-4-2/h7-14,23-24H,3-6,15-18H2,1-2H3. The van der Waals surface area contributed by atoms with E-state index in [0.29, 0.717) is 37.1 Å². The maximum Gasteiger partial charge on any atom is 0.240 e. The largest absolute Gasteiger partial charge is 0.240 e. The highest BCUT2D eigenvalue weighted by molar-refractivity contribution is 7.89. The summed E-state index contributed by atoms with van der Waals surface area (Å²) in [7, 11) is -7.20. The Morgan fingerprint density at radius 2 is 1.00 bits per heavy atom. The smallest absolute Gasteiger partial charge is 0.211 e. The number of unbranched alkanes of at least 4 members (excludes halogenated alkanes) is 2. The number of aryl methyl sites for hydroxylation is 2. The summed E-state index contributed by atoms with van der Waals surface area (Å²) in [5, 5.41) is 0. The molecule has 166 valence electrons. The van der Waals surface area contributed by atoms with Crippen molar-refractivity contribution in [1.82, 2.24) is 9.44 Å². The zero-order chi connectivity index (χ0) is 22.0. The Labute approximate surface area is 181 Å². The van der Waals surface area contributed by atoms with Gasteiger partial charge in [-0.1, -0.05) is 63.1 Å². The average molecular weight is 453 g/mol. The van der Waals surface area contributed by atoms with E-state index in [0.717, 1.165) is 25.7 Å². The monoisotopic (exact) mass is 452 g/mol. The van der Waals surface area contributed by atoms with Crippen molar-refractivity contribution in [3.63, 3.8) is 0 Å². The van der Waals surface area contributed by atoms with Crippen LogP contribution in [-0.2, 0) is 32.9 Å². The first-order valence-corrected chi connectivity index (χ1v) is 13.4. The lowest BCUT2D eigenvalue weighted by atomic mass is 10.0. The van der Waals surface area contributed by atoms with Gasteiger partial charge in [-0.05, 0) is 48.9 Å². The van der Waals surface area contributed by atoms with Gasteiger partial charge >= 0.3 is 0 Å². The van der Waals surface area contributed by atoms with E-state index in [9.17, 15) is 16.8 Å². The Bertz CT molecular complexity index is 935. The molecular weight excluding hydrogens is 420 g/mol. The van der Waals surface area contributed by atoms with Crippen LogP contribution >= 0.6 is 0 Å². The molecular formula is C22H32N2O4S2. The lowest BCUT2D eigenvalue weighted by molar-refractivity contribution is 0.574. The van der Waals surface area contributed by atoms with Crippen molar-refractivity contribution in [1.29, 1.82) is 0 Å². The van der Waals surface area contributed by atoms with Gasteiger partial charge in [-0.15, -0.1) is 0 Å². The second kappa shape index (κ2) is 11.6. The molecule has 0 saturated heterocycles. The SMILES string of the molecule is CCCCNS(=O)(=O)c1ccccc1CCc1ccccc1S(=O)(=O)NCCCC. The van der Waals surface area contributed by atoms with E-state index in [2.05, 4.69) is 9.44 Å². The molecule has 6 nitrogen and oxygen atoms in total. The summed E-state index contributed by atoms with van der Waals surface area (Å²) in [5.41, 5.74) is 1.35. The molecule has 8 heteroatoms. The second-order valence-corrected chi connectivity index (χ2v) is 10.7. The molecule has 0 aromatic heterocycles. The summed E-state index contributed by atoms with van der Waals surface area (Å²) in [6.45, 7) is 4.81. The molecule has 0 fully saturated rings. The Kier molecular flexibility index (Phi) is 9.48. The average Bonchev–Trinajstić information content (AvgIpc) is 2.73. The summed E-state index contributed by atoms with van der Waals surface area (Å²) >= 11 is 0. The van der Waals surface area contributed by atoms with Crippen LogP contribution < -0.4 is 9.44 Å². The number of rotatable bonds is 13. The normalized spacial score (nSPS) is 12.2. The topological polar surface area (TPSA) is 92.3 Å². The van der Waals surface area contributed by atoms with Crippen LogP contribution in [0.4, 0.5) is 0 Å². The van der Waals surface area contributed by atoms with Gasteiger partial charge in [0.15, 0.2) is 0 Å². The molecule has 2 aromatic carbocycles.